The minimum absolute atomic E-state index is 0.0508. The van der Waals surface area contributed by atoms with E-state index in [1.807, 2.05) is 0 Å². The highest BCUT2D eigenvalue weighted by molar-refractivity contribution is 4.87. The van der Waals surface area contributed by atoms with Gasteiger partial charge < -0.3 is 9.84 Å². The van der Waals surface area contributed by atoms with Crippen LogP contribution in [-0.4, -0.2) is 23.4 Å². The molecule has 1 saturated carbocycles. The summed E-state index contributed by atoms with van der Waals surface area (Å²) in [4.78, 5) is 0. The van der Waals surface area contributed by atoms with Gasteiger partial charge in [-0.3, -0.25) is 0 Å². The Morgan fingerprint density at radius 3 is 2.70 bits per heavy atom. The van der Waals surface area contributed by atoms with Gasteiger partial charge >= 0.3 is 0 Å². The van der Waals surface area contributed by atoms with E-state index < -0.39 is 0 Å². The fourth-order valence-corrected chi connectivity index (χ4v) is 1.74. The highest BCUT2D eigenvalue weighted by Gasteiger charge is 2.38. The second-order valence-corrected chi connectivity index (χ2v) is 3.38. The van der Waals surface area contributed by atoms with E-state index in [2.05, 4.69) is 0 Å². The lowest BCUT2D eigenvalue weighted by molar-refractivity contribution is 0.144. The Morgan fingerprint density at radius 1 is 1.00 bits per heavy atom. The Labute approximate surface area is 61.2 Å². The van der Waals surface area contributed by atoms with E-state index >= 15 is 0 Å². The Hall–Kier alpha value is -0.0800. The van der Waals surface area contributed by atoms with Gasteiger partial charge in [0.25, 0.3) is 0 Å². The molecule has 3 atom stereocenters. The molecule has 0 aromatic carbocycles. The maximum Gasteiger partial charge on any atom is 0.0842 e. The zero-order valence-corrected chi connectivity index (χ0v) is 6.12. The van der Waals surface area contributed by atoms with Crippen molar-refractivity contribution < 1.29 is 9.84 Å². The molecule has 0 bridgehead atoms. The maximum absolute atomic E-state index is 9.29. The summed E-state index contributed by atoms with van der Waals surface area (Å²) in [7, 11) is 0. The van der Waals surface area contributed by atoms with Gasteiger partial charge in [0.1, 0.15) is 0 Å². The summed E-state index contributed by atoms with van der Waals surface area (Å²) in [5.41, 5.74) is 0. The van der Waals surface area contributed by atoms with Crippen LogP contribution in [0.3, 0.4) is 0 Å². The normalized spacial score (nSPS) is 47.1. The zero-order chi connectivity index (χ0) is 6.97. The molecule has 0 amide bonds. The van der Waals surface area contributed by atoms with E-state index in [-0.39, 0.29) is 6.10 Å². The van der Waals surface area contributed by atoms with Crippen molar-refractivity contribution in [1.82, 2.24) is 0 Å². The van der Waals surface area contributed by atoms with Crippen LogP contribution in [0.2, 0.25) is 0 Å². The number of aliphatic hydroxyl groups excluding tert-OH is 1. The van der Waals surface area contributed by atoms with Gasteiger partial charge in [-0.15, -0.1) is 0 Å². The third-order valence-corrected chi connectivity index (χ3v) is 2.50. The fourth-order valence-electron chi connectivity index (χ4n) is 1.74. The van der Waals surface area contributed by atoms with E-state index in [1.54, 1.807) is 0 Å². The Morgan fingerprint density at radius 2 is 1.80 bits per heavy atom. The molecule has 1 aliphatic carbocycles. The SMILES string of the molecule is O[C@@H]1CCC[C@H]2O[C@H]2CC1. The number of ether oxygens (including phenoxy) is 1. The molecular weight excluding hydrogens is 128 g/mol. The lowest BCUT2D eigenvalue weighted by Crippen LogP contribution is -2.11. The van der Waals surface area contributed by atoms with E-state index in [1.165, 1.54) is 6.42 Å². The number of fused-ring (bicyclic) bond motifs is 1. The minimum atomic E-state index is -0.0508. The van der Waals surface area contributed by atoms with Crippen LogP contribution in [0.25, 0.3) is 0 Å². The van der Waals surface area contributed by atoms with E-state index in [4.69, 9.17) is 4.74 Å². The molecule has 2 fully saturated rings. The predicted octanol–water partition coefficient (Wildman–Crippen LogP) is 1.08. The first-order valence-corrected chi connectivity index (χ1v) is 4.20. The van der Waals surface area contributed by atoms with Gasteiger partial charge in [-0.05, 0) is 32.1 Å². The number of rotatable bonds is 0. The van der Waals surface area contributed by atoms with Crippen molar-refractivity contribution in [3.8, 4) is 0 Å². The molecule has 1 aliphatic heterocycles. The molecule has 10 heavy (non-hydrogen) atoms. The zero-order valence-electron chi connectivity index (χ0n) is 6.12. The molecule has 2 rings (SSSR count). The second-order valence-electron chi connectivity index (χ2n) is 3.38. The van der Waals surface area contributed by atoms with Crippen molar-refractivity contribution in [1.29, 1.82) is 0 Å². The van der Waals surface area contributed by atoms with Crippen molar-refractivity contribution in [3.05, 3.63) is 0 Å². The van der Waals surface area contributed by atoms with Gasteiger partial charge in [-0.25, -0.2) is 0 Å². The number of hydrogen-bond acceptors (Lipinski definition) is 2. The monoisotopic (exact) mass is 142 g/mol. The smallest absolute Gasteiger partial charge is 0.0842 e. The summed E-state index contributed by atoms with van der Waals surface area (Å²) < 4.78 is 5.38. The first-order valence-electron chi connectivity index (χ1n) is 4.20. The Kier molecular flexibility index (Phi) is 1.66. The van der Waals surface area contributed by atoms with Crippen LogP contribution in [-0.2, 0) is 4.74 Å². The molecule has 0 aromatic rings. The van der Waals surface area contributed by atoms with Crippen molar-refractivity contribution in [2.75, 3.05) is 0 Å². The summed E-state index contributed by atoms with van der Waals surface area (Å²) in [5.74, 6) is 0. The summed E-state index contributed by atoms with van der Waals surface area (Å²) >= 11 is 0. The van der Waals surface area contributed by atoms with Gasteiger partial charge in [0.2, 0.25) is 0 Å². The fraction of sp³-hybridized carbons (Fsp3) is 1.00. The quantitative estimate of drug-likeness (QED) is 0.513. The Balaban J connectivity index is 1.83. The molecule has 1 saturated heterocycles. The van der Waals surface area contributed by atoms with Crippen molar-refractivity contribution in [2.24, 2.45) is 0 Å². The molecule has 2 heteroatoms. The maximum atomic E-state index is 9.29. The highest BCUT2D eigenvalue weighted by Crippen LogP contribution is 2.33. The van der Waals surface area contributed by atoms with Crippen LogP contribution >= 0.6 is 0 Å². The Bertz CT molecular complexity index is 122. The van der Waals surface area contributed by atoms with Crippen LogP contribution in [0.15, 0.2) is 0 Å². The molecule has 2 aliphatic rings. The summed E-state index contributed by atoms with van der Waals surface area (Å²) in [6.45, 7) is 0. The second kappa shape index (κ2) is 2.51. The summed E-state index contributed by atoms with van der Waals surface area (Å²) in [6, 6.07) is 0. The number of aliphatic hydroxyl groups is 1. The van der Waals surface area contributed by atoms with Gasteiger partial charge in [-0.2, -0.15) is 0 Å². The lowest BCUT2D eigenvalue weighted by atomic mass is 9.99. The van der Waals surface area contributed by atoms with Gasteiger partial charge in [0, 0.05) is 0 Å². The summed E-state index contributed by atoms with van der Waals surface area (Å²) in [6.07, 6.45) is 6.33. The molecule has 1 N–H and O–H groups in total. The topological polar surface area (TPSA) is 32.8 Å². The van der Waals surface area contributed by atoms with Crippen LogP contribution in [0.5, 0.6) is 0 Å². The van der Waals surface area contributed by atoms with Crippen LogP contribution in [0.4, 0.5) is 0 Å². The van der Waals surface area contributed by atoms with Gasteiger partial charge in [0.15, 0.2) is 0 Å². The van der Waals surface area contributed by atoms with Crippen LogP contribution in [0, 0.1) is 0 Å². The van der Waals surface area contributed by atoms with Crippen molar-refractivity contribution in [3.63, 3.8) is 0 Å². The molecule has 0 unspecified atom stereocenters. The van der Waals surface area contributed by atoms with E-state index in [0.717, 1.165) is 25.7 Å². The van der Waals surface area contributed by atoms with Gasteiger partial charge in [-0.1, -0.05) is 0 Å². The molecule has 0 spiro atoms. The minimum Gasteiger partial charge on any atom is -0.393 e. The molecule has 2 nitrogen and oxygen atoms in total. The summed E-state index contributed by atoms with van der Waals surface area (Å²) in [5, 5.41) is 9.29. The molecular formula is C8H14O2. The molecule has 58 valence electrons. The van der Waals surface area contributed by atoms with E-state index in [9.17, 15) is 5.11 Å². The lowest BCUT2D eigenvalue weighted by Gasteiger charge is -2.10. The number of hydrogen-bond donors (Lipinski definition) is 1. The highest BCUT2D eigenvalue weighted by atomic mass is 16.6. The molecule has 0 aromatic heterocycles. The predicted molar refractivity (Wildman–Crippen MR) is 37.8 cm³/mol. The van der Waals surface area contributed by atoms with Crippen molar-refractivity contribution >= 4 is 0 Å². The standard InChI is InChI=1S/C8H14O2/c9-6-2-1-3-7-8(10-7)5-4-6/h6-9H,1-5H2/t6-,7-,8+/m1/s1. The van der Waals surface area contributed by atoms with Crippen LogP contribution in [0.1, 0.15) is 32.1 Å². The van der Waals surface area contributed by atoms with Crippen molar-refractivity contribution in [2.45, 2.75) is 50.4 Å². The third-order valence-electron chi connectivity index (χ3n) is 2.50. The van der Waals surface area contributed by atoms with E-state index in [0.29, 0.717) is 12.2 Å². The average Bonchev–Trinajstić information content (AvgIpc) is 2.59. The average molecular weight is 142 g/mol. The first-order chi connectivity index (χ1) is 4.86. The third kappa shape index (κ3) is 1.32. The van der Waals surface area contributed by atoms with Gasteiger partial charge in [0.05, 0.1) is 18.3 Å². The first kappa shape index (κ1) is 6.62. The molecule has 1 heterocycles. The van der Waals surface area contributed by atoms with Crippen LogP contribution < -0.4 is 0 Å². The largest absolute Gasteiger partial charge is 0.393 e. The number of epoxide rings is 1. The molecule has 0 radical (unpaired) electrons.